The molecule has 0 bridgehead atoms. The van der Waals surface area contributed by atoms with Crippen LogP contribution in [0.5, 0.6) is 0 Å². The molecule has 0 unspecified atom stereocenters. The van der Waals surface area contributed by atoms with E-state index >= 15 is 0 Å². The number of fused-ring (bicyclic) bond motifs is 1. The van der Waals surface area contributed by atoms with Crippen LogP contribution < -0.4 is 0 Å². The molecular weight excluding hydrogens is 392 g/mol. The summed E-state index contributed by atoms with van der Waals surface area (Å²) in [5.74, 6) is -2.30. The smallest absolute Gasteiger partial charge is 0.302 e. The maximum atomic E-state index is 13.1. The lowest BCUT2D eigenvalue weighted by Gasteiger charge is -2.65. The van der Waals surface area contributed by atoms with Crippen LogP contribution in [0.4, 0.5) is 0 Å². The third-order valence-electron chi connectivity index (χ3n) is 8.61. The van der Waals surface area contributed by atoms with E-state index in [9.17, 15) is 19.8 Å². The van der Waals surface area contributed by atoms with Gasteiger partial charge in [-0.25, -0.2) is 0 Å². The first-order valence-electron chi connectivity index (χ1n) is 10.5. The summed E-state index contributed by atoms with van der Waals surface area (Å²) < 4.78 is 23.1. The molecule has 2 N–H and O–H groups in total. The average molecular weight is 420 g/mol. The van der Waals surface area contributed by atoms with Gasteiger partial charge in [-0.15, -0.1) is 0 Å². The zero-order valence-corrected chi connectivity index (χ0v) is 17.5. The normalized spacial score (nSPS) is 49.6. The Bertz CT molecular complexity index is 891. The highest BCUT2D eigenvalue weighted by Crippen LogP contribution is 2.75. The largest absolute Gasteiger partial charge is 0.472 e. The first-order valence-corrected chi connectivity index (χ1v) is 10.5. The third-order valence-corrected chi connectivity index (χ3v) is 8.61. The Morgan fingerprint density at radius 3 is 2.73 bits per heavy atom. The molecule has 0 amide bonds. The number of rotatable bonds is 3. The van der Waals surface area contributed by atoms with Crippen molar-refractivity contribution in [1.82, 2.24) is 0 Å². The molecule has 2 saturated heterocycles. The van der Waals surface area contributed by atoms with Crippen molar-refractivity contribution < 1.29 is 38.4 Å². The molecule has 1 aromatic heterocycles. The van der Waals surface area contributed by atoms with E-state index in [-0.39, 0.29) is 37.8 Å². The van der Waals surface area contributed by atoms with E-state index in [1.54, 1.807) is 6.07 Å². The molecule has 3 heterocycles. The molecule has 1 aromatic rings. The van der Waals surface area contributed by atoms with E-state index in [1.165, 1.54) is 19.5 Å². The van der Waals surface area contributed by atoms with Gasteiger partial charge >= 0.3 is 5.97 Å². The van der Waals surface area contributed by atoms with Gasteiger partial charge < -0.3 is 28.8 Å². The van der Waals surface area contributed by atoms with E-state index < -0.39 is 39.9 Å². The number of Topliss-reactive ketones (excluding diaryl/α,β-unsaturated/α-hetero) is 1. The second-order valence-corrected chi connectivity index (χ2v) is 9.76. The predicted molar refractivity (Wildman–Crippen MR) is 101 cm³/mol. The molecule has 8 nitrogen and oxygen atoms in total. The van der Waals surface area contributed by atoms with Gasteiger partial charge in [0.25, 0.3) is 0 Å². The maximum Gasteiger partial charge on any atom is 0.302 e. The molecule has 4 fully saturated rings. The summed E-state index contributed by atoms with van der Waals surface area (Å²) in [6.45, 7) is 5.30. The van der Waals surface area contributed by atoms with E-state index in [1.807, 2.05) is 13.8 Å². The number of esters is 1. The zero-order chi connectivity index (χ0) is 21.6. The quantitative estimate of drug-likeness (QED) is 0.560. The number of hydrogen-bond donors (Lipinski definition) is 2. The maximum absolute atomic E-state index is 13.1. The lowest BCUT2D eigenvalue weighted by atomic mass is 9.41. The fourth-order valence-electron chi connectivity index (χ4n) is 6.90. The summed E-state index contributed by atoms with van der Waals surface area (Å²) >= 11 is 0. The molecule has 0 aromatic carbocycles. The number of aliphatic hydroxyl groups is 2. The predicted octanol–water partition coefficient (Wildman–Crippen LogP) is 1.67. The van der Waals surface area contributed by atoms with Crippen molar-refractivity contribution in [2.45, 2.75) is 69.5 Å². The second kappa shape index (κ2) is 5.94. The summed E-state index contributed by atoms with van der Waals surface area (Å²) in [6.07, 6.45) is 3.07. The van der Waals surface area contributed by atoms with Gasteiger partial charge in [-0.1, -0.05) is 13.8 Å². The first kappa shape index (κ1) is 20.2. The topological polar surface area (TPSA) is 119 Å². The molecular formula is C22H28O8. The molecule has 0 radical (unpaired) electrons. The molecule has 2 spiro atoms. The molecule has 2 aliphatic heterocycles. The first-order chi connectivity index (χ1) is 14.1. The van der Waals surface area contributed by atoms with Crippen LogP contribution in [0, 0.1) is 16.7 Å². The minimum absolute atomic E-state index is 0.0251. The van der Waals surface area contributed by atoms with E-state index in [0.717, 1.165) is 0 Å². The fraction of sp³-hybridized carbons (Fsp3) is 0.727. The standard InChI is InChI=1S/C22H28O8/c1-13-8-17(25)19(11-28-14(2)23)20(12-29-20)16(24)4-6-22(19)18(13,3)10-21(26,30-22)15-5-7-27-9-15/h5,7,9,13,17,25-26H,4,6,8,10-12H2,1-3H3/t13-,17+,18+,19+,20-,21-,22+/m1/s1. The van der Waals surface area contributed by atoms with Crippen molar-refractivity contribution in [3.63, 3.8) is 0 Å². The Morgan fingerprint density at radius 2 is 2.13 bits per heavy atom. The minimum Gasteiger partial charge on any atom is -0.472 e. The van der Waals surface area contributed by atoms with Gasteiger partial charge in [0.15, 0.2) is 17.2 Å². The molecule has 2 aliphatic carbocycles. The third kappa shape index (κ3) is 2.10. The van der Waals surface area contributed by atoms with Crippen LogP contribution in [0.3, 0.4) is 0 Å². The Hall–Kier alpha value is -1.74. The van der Waals surface area contributed by atoms with Crippen LogP contribution in [0.2, 0.25) is 0 Å². The van der Waals surface area contributed by atoms with Crippen LogP contribution in [-0.4, -0.2) is 52.5 Å². The van der Waals surface area contributed by atoms with E-state index in [2.05, 4.69) is 0 Å². The molecule has 5 rings (SSSR count). The number of carbonyl (C=O) groups excluding carboxylic acids is 2. The van der Waals surface area contributed by atoms with Gasteiger partial charge in [-0.3, -0.25) is 9.59 Å². The number of aliphatic hydroxyl groups excluding tert-OH is 1. The Kier molecular flexibility index (Phi) is 3.99. The number of hydrogen-bond acceptors (Lipinski definition) is 8. The van der Waals surface area contributed by atoms with Crippen molar-refractivity contribution in [3.8, 4) is 0 Å². The van der Waals surface area contributed by atoms with Gasteiger partial charge in [0.1, 0.15) is 6.61 Å². The van der Waals surface area contributed by atoms with Crippen LogP contribution in [0.15, 0.2) is 23.0 Å². The number of furan rings is 1. The number of epoxide rings is 1. The minimum atomic E-state index is -1.65. The van der Waals surface area contributed by atoms with Crippen LogP contribution >= 0.6 is 0 Å². The lowest BCUT2D eigenvalue weighted by molar-refractivity contribution is -0.326. The summed E-state index contributed by atoms with van der Waals surface area (Å²) in [6, 6.07) is 1.66. The highest BCUT2D eigenvalue weighted by atomic mass is 16.7. The molecule has 164 valence electrons. The van der Waals surface area contributed by atoms with E-state index in [4.69, 9.17) is 18.6 Å². The monoisotopic (exact) mass is 420 g/mol. The molecule has 30 heavy (non-hydrogen) atoms. The number of ketones is 1. The van der Waals surface area contributed by atoms with Crippen LogP contribution in [0.1, 0.15) is 52.0 Å². The van der Waals surface area contributed by atoms with Gasteiger partial charge in [0.05, 0.1) is 36.3 Å². The summed E-state index contributed by atoms with van der Waals surface area (Å²) in [5.41, 5.74) is -3.85. The lowest BCUT2D eigenvalue weighted by Crippen LogP contribution is -2.77. The SMILES string of the molecule is CC(=O)OC[C@@]12[C@@H](O)C[C@@H](C)[C@]3(C)C[C@](O)(c4ccoc4)O[C@]13CCC(=O)[C@]21CO1. The Morgan fingerprint density at radius 1 is 1.40 bits per heavy atom. The van der Waals surface area contributed by atoms with Gasteiger partial charge in [-0.2, -0.15) is 0 Å². The molecule has 2 saturated carbocycles. The van der Waals surface area contributed by atoms with Crippen LogP contribution in [0.25, 0.3) is 0 Å². The van der Waals surface area contributed by atoms with Gasteiger partial charge in [-0.05, 0) is 24.8 Å². The van der Waals surface area contributed by atoms with E-state index in [0.29, 0.717) is 18.4 Å². The molecule has 7 atom stereocenters. The highest BCUT2D eigenvalue weighted by molar-refractivity contribution is 5.93. The van der Waals surface area contributed by atoms with Gasteiger partial charge in [0.2, 0.25) is 0 Å². The zero-order valence-electron chi connectivity index (χ0n) is 17.5. The van der Waals surface area contributed by atoms with Crippen molar-refractivity contribution in [2.75, 3.05) is 13.2 Å². The van der Waals surface area contributed by atoms with Crippen molar-refractivity contribution in [3.05, 3.63) is 24.2 Å². The molecule has 8 heteroatoms. The Labute approximate surface area is 174 Å². The average Bonchev–Trinajstić information content (AvgIpc) is 3.17. The summed E-state index contributed by atoms with van der Waals surface area (Å²) in [7, 11) is 0. The summed E-state index contributed by atoms with van der Waals surface area (Å²) in [5, 5.41) is 23.1. The fourth-order valence-corrected chi connectivity index (χ4v) is 6.90. The highest BCUT2D eigenvalue weighted by Gasteiger charge is 2.87. The van der Waals surface area contributed by atoms with Crippen LogP contribution in [-0.2, 0) is 29.6 Å². The molecule has 4 aliphatic rings. The van der Waals surface area contributed by atoms with Crippen molar-refractivity contribution in [2.24, 2.45) is 16.7 Å². The number of ether oxygens (including phenoxy) is 3. The Balaban J connectivity index is 1.74. The van der Waals surface area contributed by atoms with Gasteiger partial charge in [0, 0.05) is 30.7 Å². The second-order valence-electron chi connectivity index (χ2n) is 9.76. The summed E-state index contributed by atoms with van der Waals surface area (Å²) in [4.78, 5) is 24.9. The number of carbonyl (C=O) groups is 2. The van der Waals surface area contributed by atoms with Crippen molar-refractivity contribution in [1.29, 1.82) is 0 Å². The van der Waals surface area contributed by atoms with Crippen molar-refractivity contribution >= 4 is 11.8 Å².